The number of aliphatic hydroxyl groups is 1. The van der Waals surface area contributed by atoms with E-state index in [1.807, 2.05) is 0 Å². The van der Waals surface area contributed by atoms with Gasteiger partial charge in [-0.1, -0.05) is 32.4 Å². The van der Waals surface area contributed by atoms with E-state index in [0.717, 1.165) is 45.4 Å². The molecule has 36 heavy (non-hydrogen) atoms. The average Bonchev–Trinajstić information content (AvgIpc) is 3.08. The maximum absolute atomic E-state index is 13.2. The van der Waals surface area contributed by atoms with E-state index >= 15 is 0 Å². The molecule has 208 valence electrons. The second-order valence-electron chi connectivity index (χ2n) is 13.4. The fourth-order valence-electron chi connectivity index (χ4n) is 8.94. The zero-order valence-electron chi connectivity index (χ0n) is 22.2. The van der Waals surface area contributed by atoms with Gasteiger partial charge in [0, 0.05) is 0 Å². The predicted octanol–water partition coefficient (Wildman–Crippen LogP) is 6.87. The van der Waals surface area contributed by atoms with Crippen molar-refractivity contribution in [2.45, 2.75) is 116 Å². The van der Waals surface area contributed by atoms with Gasteiger partial charge in [0.2, 0.25) is 0 Å². The van der Waals surface area contributed by atoms with Crippen molar-refractivity contribution in [1.29, 1.82) is 0 Å². The van der Waals surface area contributed by atoms with Crippen LogP contribution >= 0.6 is 0 Å². The Hall–Kier alpha value is -0.640. The second-order valence-corrected chi connectivity index (χ2v) is 14.4. The second kappa shape index (κ2) is 8.95. The Morgan fingerprint density at radius 3 is 2.39 bits per heavy atom. The number of allylic oxidation sites excluding steroid dienone is 1. The Morgan fingerprint density at radius 1 is 1.11 bits per heavy atom. The molecule has 4 aliphatic rings. The largest absolute Gasteiger partial charge is 0.416 e. The average molecular weight is 537 g/mol. The number of halogens is 3. The van der Waals surface area contributed by atoms with E-state index in [1.54, 1.807) is 6.92 Å². The molecule has 4 aliphatic carbocycles. The Balaban J connectivity index is 1.49. The molecule has 2 N–H and O–H groups in total. The molecule has 0 aromatic rings. The van der Waals surface area contributed by atoms with Crippen molar-refractivity contribution < 1.29 is 35.4 Å². The molecule has 0 aromatic heterocycles. The number of alkyl halides is 3. The van der Waals surface area contributed by atoms with E-state index in [-0.39, 0.29) is 23.2 Å². The van der Waals surface area contributed by atoms with Crippen LogP contribution in [0.15, 0.2) is 11.6 Å². The van der Waals surface area contributed by atoms with Crippen LogP contribution in [0.25, 0.3) is 0 Å². The summed E-state index contributed by atoms with van der Waals surface area (Å²) in [6.07, 6.45) is 4.78. The van der Waals surface area contributed by atoms with Gasteiger partial charge in [-0.05, 0) is 118 Å². The zero-order valence-corrected chi connectivity index (χ0v) is 23.0. The maximum Gasteiger partial charge on any atom is 0.416 e. The fraction of sp³-hybridized carbons (Fsp3) is 0.926. The summed E-state index contributed by atoms with van der Waals surface area (Å²) in [5.74, 6) is 1.99. The quantitative estimate of drug-likeness (QED) is 0.286. The van der Waals surface area contributed by atoms with Crippen LogP contribution in [0.4, 0.5) is 13.2 Å². The Labute approximate surface area is 214 Å². The summed E-state index contributed by atoms with van der Waals surface area (Å²) in [6.45, 7) is 9.36. The molecule has 0 aliphatic heterocycles. The third kappa shape index (κ3) is 4.91. The SMILES string of the molecule is C[C@H](CC[C@](C)(O)C(F)(F)F)[C@H]1CC[C@H]2[C@@H]3CC=C4C[C@@](C)(OS(=O)(=O)O)CC[C@]4(C)[C@H]3CC[C@]12C. The van der Waals surface area contributed by atoms with E-state index in [0.29, 0.717) is 42.9 Å². The fourth-order valence-corrected chi connectivity index (χ4v) is 9.60. The molecule has 0 amide bonds. The van der Waals surface area contributed by atoms with Crippen LogP contribution in [0, 0.1) is 40.4 Å². The van der Waals surface area contributed by atoms with Crippen molar-refractivity contribution >= 4 is 10.4 Å². The first-order chi connectivity index (χ1) is 16.3. The molecule has 0 heterocycles. The smallest absolute Gasteiger partial charge is 0.381 e. The molecule has 3 saturated carbocycles. The molecule has 4 rings (SSSR count). The van der Waals surface area contributed by atoms with Gasteiger partial charge in [-0.3, -0.25) is 4.55 Å². The van der Waals surface area contributed by atoms with Crippen LogP contribution < -0.4 is 0 Å². The summed E-state index contributed by atoms with van der Waals surface area (Å²) in [6, 6.07) is 0. The van der Waals surface area contributed by atoms with Crippen LogP contribution in [-0.2, 0) is 14.6 Å². The molecule has 0 aromatic carbocycles. The van der Waals surface area contributed by atoms with Crippen LogP contribution in [0.1, 0.15) is 98.8 Å². The van der Waals surface area contributed by atoms with E-state index < -0.39 is 27.8 Å². The summed E-state index contributed by atoms with van der Waals surface area (Å²) in [5.41, 5.74) is -2.28. The van der Waals surface area contributed by atoms with Crippen molar-refractivity contribution in [3.8, 4) is 0 Å². The van der Waals surface area contributed by atoms with Gasteiger partial charge in [-0.2, -0.15) is 21.6 Å². The van der Waals surface area contributed by atoms with Gasteiger partial charge < -0.3 is 5.11 Å². The molecular formula is C27H43F3O5S. The summed E-state index contributed by atoms with van der Waals surface area (Å²) in [7, 11) is -4.53. The van der Waals surface area contributed by atoms with Gasteiger partial charge in [0.05, 0.1) is 5.60 Å². The van der Waals surface area contributed by atoms with Crippen LogP contribution in [0.5, 0.6) is 0 Å². The highest BCUT2D eigenvalue weighted by Gasteiger charge is 2.60. The summed E-state index contributed by atoms with van der Waals surface area (Å²) in [5, 5.41) is 9.94. The Morgan fingerprint density at radius 2 is 1.78 bits per heavy atom. The minimum atomic E-state index is -4.61. The van der Waals surface area contributed by atoms with Crippen LogP contribution in [-0.4, -0.2) is 35.5 Å². The minimum Gasteiger partial charge on any atom is -0.381 e. The summed E-state index contributed by atoms with van der Waals surface area (Å²) >= 11 is 0. The lowest BCUT2D eigenvalue weighted by Gasteiger charge is -2.59. The number of fused-ring (bicyclic) bond motifs is 5. The normalized spacial score (nSPS) is 43.6. The molecule has 0 radical (unpaired) electrons. The molecule has 9 atom stereocenters. The zero-order chi connectivity index (χ0) is 26.9. The number of hydrogen-bond donors (Lipinski definition) is 2. The topological polar surface area (TPSA) is 83.8 Å². The first-order valence-corrected chi connectivity index (χ1v) is 14.8. The first kappa shape index (κ1) is 28.4. The van der Waals surface area contributed by atoms with Gasteiger partial charge >= 0.3 is 16.6 Å². The Kier molecular flexibility index (Phi) is 7.05. The Bertz CT molecular complexity index is 992. The van der Waals surface area contributed by atoms with Crippen molar-refractivity contribution in [2.24, 2.45) is 40.4 Å². The summed E-state index contributed by atoms with van der Waals surface area (Å²) in [4.78, 5) is 0. The van der Waals surface area contributed by atoms with Gasteiger partial charge in [-0.15, -0.1) is 0 Å². The van der Waals surface area contributed by atoms with Crippen molar-refractivity contribution in [1.82, 2.24) is 0 Å². The molecule has 9 heteroatoms. The molecule has 0 saturated heterocycles. The molecular weight excluding hydrogens is 493 g/mol. The van der Waals surface area contributed by atoms with Gasteiger partial charge in [0.1, 0.15) is 0 Å². The van der Waals surface area contributed by atoms with E-state index in [1.165, 1.54) is 5.57 Å². The maximum atomic E-state index is 13.2. The predicted molar refractivity (Wildman–Crippen MR) is 131 cm³/mol. The third-order valence-electron chi connectivity index (χ3n) is 11.1. The van der Waals surface area contributed by atoms with Crippen molar-refractivity contribution in [3.63, 3.8) is 0 Å². The highest BCUT2D eigenvalue weighted by molar-refractivity contribution is 7.80. The lowest BCUT2D eigenvalue weighted by atomic mass is 9.46. The molecule has 0 unspecified atom stereocenters. The van der Waals surface area contributed by atoms with E-state index in [9.17, 15) is 31.2 Å². The van der Waals surface area contributed by atoms with Crippen molar-refractivity contribution in [3.05, 3.63) is 11.6 Å². The third-order valence-corrected chi connectivity index (χ3v) is 11.7. The van der Waals surface area contributed by atoms with E-state index in [4.69, 9.17) is 4.18 Å². The highest BCUT2D eigenvalue weighted by atomic mass is 32.3. The highest BCUT2D eigenvalue weighted by Crippen LogP contribution is 2.68. The molecule has 5 nitrogen and oxygen atoms in total. The standard InChI is InChI=1S/C27H43F3O5S/c1-17(10-13-26(5,31)27(28,29)30)20-8-9-21-19-7-6-18-16-23(2,35-36(32,33)34)14-15-24(18,3)22(19)11-12-25(20,21)4/h6,17,19-22,31H,7-16H2,1-5H3,(H,32,33,34)/t17-,19+,20-,21+,22+,23+,24+,25-,26+/m1/s1. The van der Waals surface area contributed by atoms with Crippen molar-refractivity contribution in [2.75, 3.05) is 0 Å². The number of hydrogen-bond acceptors (Lipinski definition) is 4. The van der Waals surface area contributed by atoms with Gasteiger partial charge in [0.15, 0.2) is 5.60 Å². The summed E-state index contributed by atoms with van der Waals surface area (Å²) < 4.78 is 76.7. The monoisotopic (exact) mass is 536 g/mol. The van der Waals surface area contributed by atoms with Crippen LogP contribution in [0.2, 0.25) is 0 Å². The minimum absolute atomic E-state index is 0.0263. The molecule has 0 bridgehead atoms. The van der Waals surface area contributed by atoms with Crippen LogP contribution in [0.3, 0.4) is 0 Å². The van der Waals surface area contributed by atoms with Gasteiger partial charge in [-0.25, -0.2) is 4.18 Å². The molecule has 3 fully saturated rings. The van der Waals surface area contributed by atoms with E-state index in [2.05, 4.69) is 26.8 Å². The molecule has 0 spiro atoms. The lowest BCUT2D eigenvalue weighted by Crippen LogP contribution is -2.52. The van der Waals surface area contributed by atoms with Gasteiger partial charge in [0.25, 0.3) is 0 Å². The lowest BCUT2D eigenvalue weighted by molar-refractivity contribution is -0.256. The number of rotatable bonds is 6. The first-order valence-electron chi connectivity index (χ1n) is 13.5.